The second-order valence-corrected chi connectivity index (χ2v) is 7.82. The number of sulfonamides is 1. The van der Waals surface area contributed by atoms with Crippen LogP contribution in [0, 0.1) is 0 Å². The zero-order valence-electron chi connectivity index (χ0n) is 14.8. The number of hydrogen-bond acceptors (Lipinski definition) is 6. The van der Waals surface area contributed by atoms with Crippen molar-refractivity contribution in [3.63, 3.8) is 0 Å². The van der Waals surface area contributed by atoms with Gasteiger partial charge in [-0.2, -0.15) is 5.21 Å². The predicted molar refractivity (Wildman–Crippen MR) is 108 cm³/mol. The van der Waals surface area contributed by atoms with Crippen LogP contribution >= 0.6 is 0 Å². The zero-order valence-corrected chi connectivity index (χ0v) is 15.6. The lowest BCUT2D eigenvalue weighted by atomic mass is 10.1. The van der Waals surface area contributed by atoms with E-state index in [4.69, 9.17) is 5.73 Å². The molecule has 1 heterocycles. The molecule has 10 nitrogen and oxygen atoms in total. The van der Waals surface area contributed by atoms with Gasteiger partial charge in [-0.15, -0.1) is 10.2 Å². The van der Waals surface area contributed by atoms with Crippen LogP contribution < -0.4 is 15.8 Å². The average molecular weight is 409 g/mol. The number of aromatic amines is 1. The first kappa shape index (κ1) is 18.4. The number of urea groups is 1. The lowest BCUT2D eigenvalue weighted by molar-refractivity contribution is 0.259. The van der Waals surface area contributed by atoms with Gasteiger partial charge in [0.1, 0.15) is 0 Å². The first-order chi connectivity index (χ1) is 13.9. The van der Waals surface area contributed by atoms with E-state index in [0.29, 0.717) is 28.1 Å². The van der Waals surface area contributed by atoms with Crippen molar-refractivity contribution in [2.45, 2.75) is 4.90 Å². The number of tetrazole rings is 1. The van der Waals surface area contributed by atoms with E-state index in [2.05, 4.69) is 30.7 Å². The van der Waals surface area contributed by atoms with Gasteiger partial charge in [-0.05, 0) is 52.4 Å². The molecule has 0 bridgehead atoms. The molecular weight excluding hydrogens is 394 g/mol. The molecular formula is C18H15N7O3S. The number of nitrogens with one attached hydrogen (secondary N) is 3. The van der Waals surface area contributed by atoms with Gasteiger partial charge in [0.15, 0.2) is 0 Å². The highest BCUT2D eigenvalue weighted by molar-refractivity contribution is 7.92. The highest BCUT2D eigenvalue weighted by Crippen LogP contribution is 2.25. The van der Waals surface area contributed by atoms with Crippen LogP contribution in [0.5, 0.6) is 0 Å². The highest BCUT2D eigenvalue weighted by Gasteiger charge is 2.16. The molecule has 3 aromatic carbocycles. The number of carbonyl (C=O) groups excluding carboxylic acids is 1. The van der Waals surface area contributed by atoms with Crippen molar-refractivity contribution in [1.29, 1.82) is 0 Å². The quantitative estimate of drug-likeness (QED) is 0.396. The Labute approximate surface area is 165 Å². The fraction of sp³-hybridized carbons (Fsp3) is 0. The van der Waals surface area contributed by atoms with Crippen LogP contribution in [0.15, 0.2) is 65.6 Å². The van der Waals surface area contributed by atoms with Crippen LogP contribution in [-0.4, -0.2) is 35.1 Å². The van der Waals surface area contributed by atoms with E-state index < -0.39 is 16.1 Å². The monoisotopic (exact) mass is 409 g/mol. The van der Waals surface area contributed by atoms with Gasteiger partial charge in [0, 0.05) is 16.9 Å². The minimum Gasteiger partial charge on any atom is -0.351 e. The summed E-state index contributed by atoms with van der Waals surface area (Å²) in [5.41, 5.74) is 6.57. The number of nitrogens with zero attached hydrogens (tertiary/aromatic N) is 3. The highest BCUT2D eigenvalue weighted by atomic mass is 32.2. The Bertz CT molecular complexity index is 1300. The maximum Gasteiger partial charge on any atom is 0.316 e. The number of carbonyl (C=O) groups is 1. The number of primary amides is 1. The molecule has 0 aliphatic heterocycles. The molecule has 29 heavy (non-hydrogen) atoms. The Kier molecular flexibility index (Phi) is 4.56. The van der Waals surface area contributed by atoms with Crippen LogP contribution in [0.25, 0.3) is 22.2 Å². The summed E-state index contributed by atoms with van der Waals surface area (Å²) in [6.45, 7) is 0. The number of hydrogen-bond donors (Lipinski definition) is 4. The number of fused-ring (bicyclic) bond motifs is 1. The normalized spacial score (nSPS) is 11.3. The molecule has 0 aliphatic rings. The van der Waals surface area contributed by atoms with Gasteiger partial charge in [-0.25, -0.2) is 13.2 Å². The van der Waals surface area contributed by atoms with Gasteiger partial charge in [0.05, 0.1) is 4.90 Å². The van der Waals surface area contributed by atoms with Crippen molar-refractivity contribution >= 4 is 38.2 Å². The molecule has 2 amide bonds. The third kappa shape index (κ3) is 3.99. The van der Waals surface area contributed by atoms with E-state index >= 15 is 0 Å². The van der Waals surface area contributed by atoms with Gasteiger partial charge in [-0.1, -0.05) is 24.3 Å². The Morgan fingerprint density at radius 2 is 1.79 bits per heavy atom. The summed E-state index contributed by atoms with van der Waals surface area (Å²) in [5, 5.41) is 17.5. The Hall–Kier alpha value is -3.99. The largest absolute Gasteiger partial charge is 0.351 e. The molecule has 4 aromatic rings. The fourth-order valence-corrected chi connectivity index (χ4v) is 3.92. The zero-order chi connectivity index (χ0) is 20.4. The van der Waals surface area contributed by atoms with Crippen molar-refractivity contribution < 1.29 is 13.2 Å². The minimum absolute atomic E-state index is 0.0752. The number of anilines is 2. The van der Waals surface area contributed by atoms with Gasteiger partial charge in [0.25, 0.3) is 10.0 Å². The number of amides is 2. The molecule has 0 aliphatic carbocycles. The van der Waals surface area contributed by atoms with Crippen molar-refractivity contribution in [2.24, 2.45) is 5.73 Å². The minimum atomic E-state index is -3.85. The Morgan fingerprint density at radius 3 is 2.55 bits per heavy atom. The van der Waals surface area contributed by atoms with E-state index in [-0.39, 0.29) is 4.90 Å². The van der Waals surface area contributed by atoms with Gasteiger partial charge >= 0.3 is 6.03 Å². The summed E-state index contributed by atoms with van der Waals surface area (Å²) in [6, 6.07) is 15.8. The maximum absolute atomic E-state index is 12.9. The lowest BCUT2D eigenvalue weighted by Gasteiger charge is -2.10. The molecule has 0 saturated heterocycles. The molecule has 4 rings (SSSR count). The number of aromatic nitrogens is 4. The predicted octanol–water partition coefficient (Wildman–Crippen LogP) is 2.31. The summed E-state index contributed by atoms with van der Waals surface area (Å²) < 4.78 is 28.3. The van der Waals surface area contributed by atoms with Crippen molar-refractivity contribution in [3.05, 3.63) is 60.7 Å². The van der Waals surface area contributed by atoms with Gasteiger partial charge in [0.2, 0.25) is 5.82 Å². The second-order valence-electron chi connectivity index (χ2n) is 6.13. The van der Waals surface area contributed by atoms with Crippen LogP contribution in [0.2, 0.25) is 0 Å². The SMILES string of the molecule is NC(=O)Nc1ccc2ccc(S(=O)(=O)Nc3cccc(-c4nn[nH]n4)c3)cc2c1. The molecule has 146 valence electrons. The summed E-state index contributed by atoms with van der Waals surface area (Å²) in [6.07, 6.45) is 0. The van der Waals surface area contributed by atoms with E-state index in [1.165, 1.54) is 12.1 Å². The standard InChI is InChI=1S/C18H15N7O3S/c19-18(26)20-14-6-4-11-5-7-16(10-13(11)9-14)29(27,28)23-15-3-1-2-12(8-15)17-21-24-25-22-17/h1-10,23H,(H3,19,20,26)(H,21,22,24,25). The van der Waals surface area contributed by atoms with Crippen LogP contribution in [0.4, 0.5) is 16.2 Å². The van der Waals surface area contributed by atoms with Crippen LogP contribution in [0.1, 0.15) is 0 Å². The molecule has 5 N–H and O–H groups in total. The summed E-state index contributed by atoms with van der Waals surface area (Å²) >= 11 is 0. The summed E-state index contributed by atoms with van der Waals surface area (Å²) in [5.74, 6) is 0.353. The molecule has 1 aromatic heterocycles. The molecule has 0 spiro atoms. The molecule has 0 atom stereocenters. The lowest BCUT2D eigenvalue weighted by Crippen LogP contribution is -2.19. The van der Waals surface area contributed by atoms with Crippen LogP contribution in [-0.2, 0) is 10.0 Å². The number of rotatable bonds is 5. The first-order valence-electron chi connectivity index (χ1n) is 8.38. The third-order valence-corrected chi connectivity index (χ3v) is 5.49. The fourth-order valence-electron chi connectivity index (χ4n) is 2.83. The number of nitrogens with two attached hydrogens (primary N) is 1. The number of H-pyrrole nitrogens is 1. The number of benzene rings is 3. The van der Waals surface area contributed by atoms with Gasteiger partial charge < -0.3 is 11.1 Å². The summed E-state index contributed by atoms with van der Waals surface area (Å²) in [4.78, 5) is 11.1. The third-order valence-electron chi connectivity index (χ3n) is 4.11. The maximum atomic E-state index is 12.9. The van der Waals surface area contributed by atoms with Crippen LogP contribution in [0.3, 0.4) is 0 Å². The smallest absolute Gasteiger partial charge is 0.316 e. The average Bonchev–Trinajstić information content (AvgIpc) is 3.22. The molecule has 0 radical (unpaired) electrons. The van der Waals surface area contributed by atoms with Crippen molar-refractivity contribution in [1.82, 2.24) is 20.6 Å². The Morgan fingerprint density at radius 1 is 0.966 bits per heavy atom. The van der Waals surface area contributed by atoms with E-state index in [1.54, 1.807) is 48.5 Å². The van der Waals surface area contributed by atoms with E-state index in [9.17, 15) is 13.2 Å². The van der Waals surface area contributed by atoms with E-state index in [1.807, 2.05) is 0 Å². The van der Waals surface area contributed by atoms with Gasteiger partial charge in [-0.3, -0.25) is 4.72 Å². The molecule has 0 fully saturated rings. The van der Waals surface area contributed by atoms with E-state index in [0.717, 1.165) is 5.39 Å². The molecule has 11 heteroatoms. The molecule has 0 saturated carbocycles. The van der Waals surface area contributed by atoms with Crippen molar-refractivity contribution in [2.75, 3.05) is 10.0 Å². The topological polar surface area (TPSA) is 156 Å². The Balaban J connectivity index is 1.65. The first-order valence-corrected chi connectivity index (χ1v) is 9.86. The summed E-state index contributed by atoms with van der Waals surface area (Å²) in [7, 11) is -3.85. The van der Waals surface area contributed by atoms with Crippen molar-refractivity contribution in [3.8, 4) is 11.4 Å². The molecule has 0 unspecified atom stereocenters. The second kappa shape index (κ2) is 7.20.